The third-order valence-corrected chi connectivity index (χ3v) is 1.44. The molecule has 0 aromatic rings. The molecule has 0 atom stereocenters. The number of carbonyl (C=O) groups is 2. The summed E-state index contributed by atoms with van der Waals surface area (Å²) in [6, 6.07) is 0. The minimum absolute atomic E-state index is 0.125. The van der Waals surface area contributed by atoms with Gasteiger partial charge in [-0.15, -0.1) is 0 Å². The van der Waals surface area contributed by atoms with Crippen molar-refractivity contribution in [1.82, 2.24) is 0 Å². The molecule has 6 nitrogen and oxygen atoms in total. The van der Waals surface area contributed by atoms with E-state index in [1.807, 2.05) is 0 Å². The quantitative estimate of drug-likeness (QED) is 0.521. The minimum Gasteiger partial charge on any atom is -0.462 e. The number of rotatable bonds is 0. The first-order valence-corrected chi connectivity index (χ1v) is 4.32. The van der Waals surface area contributed by atoms with Crippen molar-refractivity contribution < 1.29 is 28.5 Å². The second-order valence-corrected chi connectivity index (χ2v) is 2.57. The van der Waals surface area contributed by atoms with Crippen molar-refractivity contribution in [2.45, 2.75) is 6.42 Å². The van der Waals surface area contributed by atoms with Crippen LogP contribution in [0.25, 0.3) is 0 Å². The van der Waals surface area contributed by atoms with Crippen LogP contribution in [0.15, 0.2) is 0 Å². The first-order valence-electron chi connectivity index (χ1n) is 4.32. The summed E-state index contributed by atoms with van der Waals surface area (Å²) in [6.07, 6.45) is 0.289. The number of hydrogen-bond acceptors (Lipinski definition) is 6. The first-order chi connectivity index (χ1) is 6.79. The number of ether oxygens (including phenoxy) is 4. The Morgan fingerprint density at radius 1 is 0.857 bits per heavy atom. The van der Waals surface area contributed by atoms with Gasteiger partial charge < -0.3 is 18.9 Å². The third-order valence-electron chi connectivity index (χ3n) is 1.44. The van der Waals surface area contributed by atoms with Crippen molar-refractivity contribution in [2.24, 2.45) is 0 Å². The van der Waals surface area contributed by atoms with E-state index in [1.165, 1.54) is 0 Å². The van der Waals surface area contributed by atoms with Crippen molar-refractivity contribution in [1.29, 1.82) is 0 Å². The molecule has 0 spiro atoms. The second kappa shape index (κ2) is 6.20. The van der Waals surface area contributed by atoms with Crippen LogP contribution in [-0.2, 0) is 23.7 Å². The highest BCUT2D eigenvalue weighted by Gasteiger charge is 2.07. The van der Waals surface area contributed by atoms with Gasteiger partial charge in [-0.3, -0.25) is 0 Å². The van der Waals surface area contributed by atoms with Gasteiger partial charge in [-0.2, -0.15) is 0 Å². The van der Waals surface area contributed by atoms with Crippen LogP contribution in [-0.4, -0.2) is 45.2 Å². The standard InChI is InChI=1S/2C4H6O3/c5-4-3-6-1-2-7-4;5-4-6-2-1-3-7-4/h2*1-3H2. The Balaban J connectivity index is 0.000000140. The number of hydrogen-bond donors (Lipinski definition) is 0. The first kappa shape index (κ1) is 10.8. The SMILES string of the molecule is O=C1COCCO1.O=C1OCCCO1. The van der Waals surface area contributed by atoms with Crippen molar-refractivity contribution in [3.8, 4) is 0 Å². The van der Waals surface area contributed by atoms with Crippen LogP contribution in [0.2, 0.25) is 0 Å². The van der Waals surface area contributed by atoms with Gasteiger partial charge in [-0.25, -0.2) is 9.59 Å². The molecule has 14 heavy (non-hydrogen) atoms. The maximum atomic E-state index is 10.1. The van der Waals surface area contributed by atoms with E-state index in [2.05, 4.69) is 14.2 Å². The summed E-state index contributed by atoms with van der Waals surface area (Å²) in [5, 5.41) is 0. The highest BCUT2D eigenvalue weighted by atomic mass is 16.7. The Labute approximate surface area is 81.1 Å². The molecule has 2 aliphatic heterocycles. The fourth-order valence-corrected chi connectivity index (χ4v) is 0.823. The summed E-state index contributed by atoms with van der Waals surface area (Å²) >= 11 is 0. The van der Waals surface area contributed by atoms with Gasteiger partial charge in [0.1, 0.15) is 13.2 Å². The predicted molar refractivity (Wildman–Crippen MR) is 43.7 cm³/mol. The van der Waals surface area contributed by atoms with Crippen molar-refractivity contribution >= 4 is 12.1 Å². The summed E-state index contributed by atoms with van der Waals surface area (Å²) in [7, 11) is 0. The van der Waals surface area contributed by atoms with Gasteiger partial charge in [0.25, 0.3) is 0 Å². The van der Waals surface area contributed by atoms with Crippen LogP contribution in [0, 0.1) is 0 Å². The minimum atomic E-state index is -0.536. The van der Waals surface area contributed by atoms with Gasteiger partial charge in [0.2, 0.25) is 0 Å². The van der Waals surface area contributed by atoms with E-state index in [4.69, 9.17) is 4.74 Å². The Kier molecular flexibility index (Phi) is 4.77. The lowest BCUT2D eigenvalue weighted by atomic mass is 10.5. The molecule has 0 N–H and O–H groups in total. The van der Waals surface area contributed by atoms with Crippen LogP contribution in [0.4, 0.5) is 4.79 Å². The van der Waals surface area contributed by atoms with Gasteiger partial charge >= 0.3 is 12.1 Å². The number of carbonyl (C=O) groups excluding carboxylic acids is 2. The molecule has 0 aromatic heterocycles. The van der Waals surface area contributed by atoms with E-state index >= 15 is 0 Å². The van der Waals surface area contributed by atoms with Crippen molar-refractivity contribution in [3.05, 3.63) is 0 Å². The molecule has 0 bridgehead atoms. The Morgan fingerprint density at radius 2 is 1.57 bits per heavy atom. The van der Waals surface area contributed by atoms with E-state index in [0.29, 0.717) is 26.4 Å². The van der Waals surface area contributed by atoms with Gasteiger partial charge in [-0.05, 0) is 0 Å². The summed E-state index contributed by atoms with van der Waals surface area (Å²) in [5.74, 6) is -0.258. The predicted octanol–water partition coefficient (Wildman–Crippen LogP) is 0.103. The molecule has 0 aliphatic carbocycles. The summed E-state index contributed by atoms with van der Waals surface area (Å²) in [5.41, 5.74) is 0. The van der Waals surface area contributed by atoms with Gasteiger partial charge in [0, 0.05) is 6.42 Å². The molecule has 2 heterocycles. The van der Waals surface area contributed by atoms with Crippen molar-refractivity contribution in [3.63, 3.8) is 0 Å². The maximum Gasteiger partial charge on any atom is 0.508 e. The van der Waals surface area contributed by atoms with Crippen LogP contribution >= 0.6 is 0 Å². The molecule has 0 aromatic carbocycles. The second-order valence-electron chi connectivity index (χ2n) is 2.57. The number of cyclic esters (lactones) is 3. The summed E-state index contributed by atoms with van der Waals surface area (Å²) in [6.45, 7) is 2.11. The van der Waals surface area contributed by atoms with E-state index in [-0.39, 0.29) is 12.6 Å². The topological polar surface area (TPSA) is 71.1 Å². The molecule has 80 valence electrons. The smallest absolute Gasteiger partial charge is 0.462 e. The molecular formula is C8H12O6. The van der Waals surface area contributed by atoms with Crippen LogP contribution in [0.5, 0.6) is 0 Å². The lowest BCUT2D eigenvalue weighted by Crippen LogP contribution is -2.22. The average Bonchev–Trinajstić information content (AvgIpc) is 2.21. The summed E-state index contributed by atoms with van der Waals surface area (Å²) < 4.78 is 18.1. The Morgan fingerprint density at radius 3 is 1.86 bits per heavy atom. The fourth-order valence-electron chi connectivity index (χ4n) is 0.823. The van der Waals surface area contributed by atoms with Crippen molar-refractivity contribution in [2.75, 3.05) is 33.0 Å². The molecular weight excluding hydrogens is 192 g/mol. The molecule has 2 saturated heterocycles. The lowest BCUT2D eigenvalue weighted by Gasteiger charge is -2.09. The highest BCUT2D eigenvalue weighted by molar-refractivity contribution is 5.71. The molecule has 0 amide bonds. The molecule has 2 rings (SSSR count). The normalized spacial score (nSPS) is 20.9. The zero-order valence-electron chi connectivity index (χ0n) is 7.69. The third kappa shape index (κ3) is 4.66. The lowest BCUT2D eigenvalue weighted by molar-refractivity contribution is -0.159. The largest absolute Gasteiger partial charge is 0.508 e. The zero-order chi connectivity index (χ0) is 10.2. The van der Waals surface area contributed by atoms with Gasteiger partial charge in [0.05, 0.1) is 19.8 Å². The maximum absolute atomic E-state index is 10.1. The van der Waals surface area contributed by atoms with Gasteiger partial charge in [0.15, 0.2) is 0 Å². The molecule has 0 unspecified atom stereocenters. The Hall–Kier alpha value is -1.30. The Bertz CT molecular complexity index is 164. The molecule has 0 saturated carbocycles. The molecule has 2 fully saturated rings. The van der Waals surface area contributed by atoms with E-state index in [9.17, 15) is 9.59 Å². The van der Waals surface area contributed by atoms with Gasteiger partial charge in [-0.1, -0.05) is 0 Å². The molecule has 0 radical (unpaired) electrons. The monoisotopic (exact) mass is 204 g/mol. The van der Waals surface area contributed by atoms with E-state index in [0.717, 1.165) is 6.42 Å². The fraction of sp³-hybridized carbons (Fsp3) is 0.750. The average molecular weight is 204 g/mol. The zero-order valence-corrected chi connectivity index (χ0v) is 7.69. The van der Waals surface area contributed by atoms with E-state index < -0.39 is 6.16 Å². The molecule has 2 aliphatic rings. The highest BCUT2D eigenvalue weighted by Crippen LogP contribution is 1.95. The van der Waals surface area contributed by atoms with Crippen LogP contribution in [0.1, 0.15) is 6.42 Å². The summed E-state index contributed by atoms with van der Waals surface area (Å²) in [4.78, 5) is 20.1. The van der Waals surface area contributed by atoms with Crippen LogP contribution in [0.3, 0.4) is 0 Å². The molecule has 6 heteroatoms. The number of esters is 1. The van der Waals surface area contributed by atoms with E-state index in [1.54, 1.807) is 0 Å². The van der Waals surface area contributed by atoms with Crippen LogP contribution < -0.4 is 0 Å².